The number of carboxylic acid groups (broad SMARTS) is 1. The summed E-state index contributed by atoms with van der Waals surface area (Å²) in [7, 11) is 0. The number of fused-ring (bicyclic) bond motifs is 1. The van der Waals surface area contributed by atoms with Gasteiger partial charge in [-0.05, 0) is 47.2 Å². The molecule has 2 aromatic heterocycles. The lowest BCUT2D eigenvalue weighted by Gasteiger charge is -2.09. The lowest BCUT2D eigenvalue weighted by molar-refractivity contribution is 0.0697. The highest BCUT2D eigenvalue weighted by molar-refractivity contribution is 7.17. The molecule has 0 aliphatic heterocycles. The first-order valence-corrected chi connectivity index (χ1v) is 7.03. The third-order valence-electron chi connectivity index (χ3n) is 2.81. The van der Waals surface area contributed by atoms with Crippen molar-refractivity contribution in [2.24, 2.45) is 0 Å². The third kappa shape index (κ3) is 2.45. The van der Waals surface area contributed by atoms with Crippen molar-refractivity contribution in [3.63, 3.8) is 0 Å². The monoisotopic (exact) mass is 304 g/mol. The van der Waals surface area contributed by atoms with Crippen LogP contribution >= 0.6 is 22.9 Å². The van der Waals surface area contributed by atoms with Crippen molar-refractivity contribution in [2.75, 3.05) is 5.32 Å². The van der Waals surface area contributed by atoms with Crippen LogP contribution in [0.25, 0.3) is 10.1 Å². The maximum absolute atomic E-state index is 11.2. The molecule has 0 aliphatic rings. The van der Waals surface area contributed by atoms with Gasteiger partial charge in [0.2, 0.25) is 0 Å². The summed E-state index contributed by atoms with van der Waals surface area (Å²) in [4.78, 5) is 15.2. The Morgan fingerprint density at radius 1 is 1.25 bits per heavy atom. The molecule has 0 bridgehead atoms. The number of aromatic carboxylic acids is 1. The van der Waals surface area contributed by atoms with Crippen molar-refractivity contribution in [2.45, 2.75) is 0 Å². The number of nitrogens with zero attached hydrogens (tertiary/aromatic N) is 1. The van der Waals surface area contributed by atoms with Gasteiger partial charge >= 0.3 is 5.97 Å². The molecule has 0 atom stereocenters. The van der Waals surface area contributed by atoms with Gasteiger partial charge in [0.1, 0.15) is 16.5 Å². The molecular weight excluding hydrogens is 296 g/mol. The van der Waals surface area contributed by atoms with Gasteiger partial charge in [-0.15, -0.1) is 11.3 Å². The average molecular weight is 305 g/mol. The number of pyridine rings is 1. The van der Waals surface area contributed by atoms with Crippen molar-refractivity contribution in [1.29, 1.82) is 0 Å². The minimum atomic E-state index is -1.05. The number of halogens is 1. The third-order valence-corrected chi connectivity index (χ3v) is 3.92. The molecule has 4 nitrogen and oxygen atoms in total. The molecule has 3 aromatic rings. The van der Waals surface area contributed by atoms with Gasteiger partial charge in [0, 0.05) is 10.4 Å². The van der Waals surface area contributed by atoms with Crippen molar-refractivity contribution >= 4 is 50.5 Å². The molecule has 0 fully saturated rings. The molecule has 100 valence electrons. The maximum Gasteiger partial charge on any atom is 0.339 e. The first-order valence-electron chi connectivity index (χ1n) is 5.77. The summed E-state index contributed by atoms with van der Waals surface area (Å²) in [5.41, 5.74) is 0.855. The smallest absolute Gasteiger partial charge is 0.339 e. The number of benzene rings is 1. The molecule has 1 aromatic carbocycles. The number of thiophene rings is 1. The summed E-state index contributed by atoms with van der Waals surface area (Å²) >= 11 is 7.48. The maximum atomic E-state index is 11.2. The number of rotatable bonds is 3. The van der Waals surface area contributed by atoms with E-state index in [2.05, 4.69) is 10.3 Å². The van der Waals surface area contributed by atoms with Crippen LogP contribution in [0.4, 0.5) is 11.5 Å². The number of hydrogen-bond acceptors (Lipinski definition) is 4. The fourth-order valence-corrected chi connectivity index (χ4v) is 2.80. The Morgan fingerprint density at radius 2 is 2.10 bits per heavy atom. The predicted octanol–water partition coefficient (Wildman–Crippen LogP) is 4.39. The summed E-state index contributed by atoms with van der Waals surface area (Å²) in [6, 6.07) is 10.7. The quantitative estimate of drug-likeness (QED) is 0.704. The van der Waals surface area contributed by atoms with Crippen LogP contribution < -0.4 is 5.32 Å². The molecule has 6 heteroatoms. The molecule has 0 aliphatic carbocycles. The zero-order valence-electron chi connectivity index (χ0n) is 10.1. The van der Waals surface area contributed by atoms with Crippen LogP contribution in [0.5, 0.6) is 0 Å². The van der Waals surface area contributed by atoms with Crippen LogP contribution in [-0.2, 0) is 0 Å². The zero-order valence-corrected chi connectivity index (χ0v) is 11.7. The van der Waals surface area contributed by atoms with Crippen molar-refractivity contribution in [3.05, 3.63) is 52.5 Å². The van der Waals surface area contributed by atoms with Gasteiger partial charge in [-0.2, -0.15) is 0 Å². The number of anilines is 2. The van der Waals surface area contributed by atoms with E-state index in [-0.39, 0.29) is 16.5 Å². The number of nitrogens with one attached hydrogen (secondary N) is 1. The molecule has 0 saturated heterocycles. The summed E-state index contributed by atoms with van der Waals surface area (Å²) in [5, 5.41) is 15.5. The Hall–Kier alpha value is -2.11. The normalized spacial score (nSPS) is 10.7. The Morgan fingerprint density at radius 3 is 2.90 bits per heavy atom. The van der Waals surface area contributed by atoms with Crippen LogP contribution in [0.15, 0.2) is 41.8 Å². The van der Waals surface area contributed by atoms with Gasteiger partial charge in [-0.1, -0.05) is 11.6 Å². The Balaban J connectivity index is 2.01. The Labute approximate surface area is 123 Å². The molecule has 2 heterocycles. The van der Waals surface area contributed by atoms with E-state index in [0.717, 1.165) is 11.1 Å². The standard InChI is InChI=1S/C14H9ClN2O2S/c15-12-4-2-10(14(18)19)13(17-12)16-9-1-3-11-8(7-9)5-6-20-11/h1-7H,(H,16,17)(H,18,19). The molecule has 0 unspecified atom stereocenters. The highest BCUT2D eigenvalue weighted by Crippen LogP contribution is 2.27. The van der Waals surface area contributed by atoms with Gasteiger partial charge in [0.15, 0.2) is 0 Å². The van der Waals surface area contributed by atoms with E-state index in [9.17, 15) is 4.79 Å². The number of hydrogen-bond donors (Lipinski definition) is 2. The number of aromatic nitrogens is 1. The summed E-state index contributed by atoms with van der Waals surface area (Å²) < 4.78 is 1.17. The van der Waals surface area contributed by atoms with Crippen molar-refractivity contribution in [1.82, 2.24) is 4.98 Å². The van der Waals surface area contributed by atoms with Crippen LogP contribution in [0.3, 0.4) is 0 Å². The van der Waals surface area contributed by atoms with Gasteiger partial charge in [-0.3, -0.25) is 0 Å². The fourth-order valence-electron chi connectivity index (χ4n) is 1.88. The van der Waals surface area contributed by atoms with Gasteiger partial charge < -0.3 is 10.4 Å². The second-order valence-corrected chi connectivity index (χ2v) is 5.47. The lowest BCUT2D eigenvalue weighted by atomic mass is 10.2. The van der Waals surface area contributed by atoms with Crippen LogP contribution in [0, 0.1) is 0 Å². The lowest BCUT2D eigenvalue weighted by Crippen LogP contribution is -2.04. The largest absolute Gasteiger partial charge is 0.478 e. The molecule has 3 rings (SSSR count). The molecule has 0 spiro atoms. The minimum absolute atomic E-state index is 0.0832. The van der Waals surface area contributed by atoms with Gasteiger partial charge in [0.05, 0.1) is 0 Å². The minimum Gasteiger partial charge on any atom is -0.478 e. The average Bonchev–Trinajstić information content (AvgIpc) is 2.85. The fraction of sp³-hybridized carbons (Fsp3) is 0. The molecular formula is C14H9ClN2O2S. The number of carbonyl (C=O) groups is 1. The van der Waals surface area contributed by atoms with Crippen LogP contribution in [0.1, 0.15) is 10.4 Å². The first kappa shape index (κ1) is 12.9. The van der Waals surface area contributed by atoms with E-state index < -0.39 is 5.97 Å². The van der Waals surface area contributed by atoms with Crippen molar-refractivity contribution in [3.8, 4) is 0 Å². The van der Waals surface area contributed by atoms with E-state index in [1.165, 1.54) is 16.8 Å². The number of carboxylic acids is 1. The van der Waals surface area contributed by atoms with Crippen molar-refractivity contribution < 1.29 is 9.90 Å². The highest BCUT2D eigenvalue weighted by Gasteiger charge is 2.12. The molecule has 0 radical (unpaired) electrons. The summed E-state index contributed by atoms with van der Waals surface area (Å²) in [5.74, 6) is -0.812. The van der Waals surface area contributed by atoms with Gasteiger partial charge in [0.25, 0.3) is 0 Å². The van der Waals surface area contributed by atoms with E-state index >= 15 is 0 Å². The van der Waals surface area contributed by atoms with Crippen LogP contribution in [-0.4, -0.2) is 16.1 Å². The molecule has 2 N–H and O–H groups in total. The Bertz CT molecular complexity index is 801. The molecule has 0 saturated carbocycles. The second-order valence-electron chi connectivity index (χ2n) is 4.13. The second kappa shape index (κ2) is 5.11. The predicted molar refractivity (Wildman–Crippen MR) is 81.3 cm³/mol. The zero-order chi connectivity index (χ0) is 14.1. The van der Waals surface area contributed by atoms with Gasteiger partial charge in [-0.25, -0.2) is 9.78 Å². The molecule has 0 amide bonds. The van der Waals surface area contributed by atoms with E-state index in [0.29, 0.717) is 0 Å². The Kier molecular flexibility index (Phi) is 3.30. The summed E-state index contributed by atoms with van der Waals surface area (Å²) in [6.45, 7) is 0. The van der Waals surface area contributed by atoms with E-state index in [1.807, 2.05) is 29.6 Å². The molecule has 20 heavy (non-hydrogen) atoms. The van der Waals surface area contributed by atoms with E-state index in [1.54, 1.807) is 11.3 Å². The van der Waals surface area contributed by atoms with E-state index in [4.69, 9.17) is 16.7 Å². The topological polar surface area (TPSA) is 62.2 Å². The highest BCUT2D eigenvalue weighted by atomic mass is 35.5. The van der Waals surface area contributed by atoms with Crippen LogP contribution in [0.2, 0.25) is 5.15 Å². The summed E-state index contributed by atoms with van der Waals surface area (Å²) in [6.07, 6.45) is 0. The SMILES string of the molecule is O=C(O)c1ccc(Cl)nc1Nc1ccc2sccc2c1. The first-order chi connectivity index (χ1) is 9.63.